The van der Waals surface area contributed by atoms with Gasteiger partial charge >= 0.3 is 0 Å². The SMILES string of the molecule is COc1cc(CNc2cc(Cl)cc(Cl)c2)c(Cl)cc1OCc1cccc(Cl)c1. The highest BCUT2D eigenvalue weighted by molar-refractivity contribution is 6.35. The lowest BCUT2D eigenvalue weighted by Crippen LogP contribution is -2.03. The van der Waals surface area contributed by atoms with Crippen LogP contribution in [-0.4, -0.2) is 7.11 Å². The van der Waals surface area contributed by atoms with Gasteiger partial charge < -0.3 is 14.8 Å². The van der Waals surface area contributed by atoms with Crippen molar-refractivity contribution >= 4 is 52.1 Å². The third kappa shape index (κ3) is 5.62. The summed E-state index contributed by atoms with van der Waals surface area (Å²) in [5.74, 6) is 1.15. The molecule has 0 aliphatic rings. The van der Waals surface area contributed by atoms with Gasteiger partial charge in [-0.1, -0.05) is 58.5 Å². The molecular weight excluding hydrogens is 440 g/mol. The van der Waals surface area contributed by atoms with Gasteiger partial charge in [0.05, 0.1) is 7.11 Å². The molecule has 3 aromatic rings. The van der Waals surface area contributed by atoms with E-state index in [-0.39, 0.29) is 0 Å². The summed E-state index contributed by atoms with van der Waals surface area (Å²) >= 11 is 24.5. The van der Waals surface area contributed by atoms with Crippen LogP contribution in [0.25, 0.3) is 0 Å². The van der Waals surface area contributed by atoms with Crippen molar-refractivity contribution in [1.29, 1.82) is 0 Å². The zero-order valence-electron chi connectivity index (χ0n) is 14.9. The molecule has 0 saturated heterocycles. The Morgan fingerprint density at radius 1 is 0.821 bits per heavy atom. The first-order valence-corrected chi connectivity index (χ1v) is 9.89. The first-order valence-electron chi connectivity index (χ1n) is 8.38. The van der Waals surface area contributed by atoms with E-state index in [1.165, 1.54) is 0 Å². The predicted molar refractivity (Wildman–Crippen MR) is 118 cm³/mol. The minimum absolute atomic E-state index is 0.353. The van der Waals surface area contributed by atoms with E-state index >= 15 is 0 Å². The van der Waals surface area contributed by atoms with Crippen LogP contribution in [0.2, 0.25) is 20.1 Å². The van der Waals surface area contributed by atoms with Crippen molar-refractivity contribution < 1.29 is 9.47 Å². The smallest absolute Gasteiger partial charge is 0.163 e. The lowest BCUT2D eigenvalue weighted by Gasteiger charge is -2.15. The second-order valence-corrected chi connectivity index (χ2v) is 7.74. The Labute approximate surface area is 184 Å². The largest absolute Gasteiger partial charge is 0.493 e. The van der Waals surface area contributed by atoms with Gasteiger partial charge in [-0.25, -0.2) is 0 Å². The van der Waals surface area contributed by atoms with Gasteiger partial charge in [0.2, 0.25) is 0 Å². The van der Waals surface area contributed by atoms with Gasteiger partial charge in [0.25, 0.3) is 0 Å². The van der Waals surface area contributed by atoms with Crippen molar-refractivity contribution in [2.24, 2.45) is 0 Å². The van der Waals surface area contributed by atoms with E-state index in [0.29, 0.717) is 44.7 Å². The number of ether oxygens (including phenoxy) is 2. The molecule has 0 aliphatic carbocycles. The number of methoxy groups -OCH3 is 1. The number of rotatable bonds is 7. The number of benzene rings is 3. The second kappa shape index (κ2) is 9.62. The van der Waals surface area contributed by atoms with E-state index in [0.717, 1.165) is 16.8 Å². The molecule has 146 valence electrons. The Morgan fingerprint density at radius 3 is 2.25 bits per heavy atom. The molecule has 3 rings (SSSR count). The molecule has 0 heterocycles. The van der Waals surface area contributed by atoms with E-state index in [2.05, 4.69) is 5.32 Å². The van der Waals surface area contributed by atoms with Crippen LogP contribution in [0.1, 0.15) is 11.1 Å². The lowest BCUT2D eigenvalue weighted by molar-refractivity contribution is 0.284. The summed E-state index contributed by atoms with van der Waals surface area (Å²) < 4.78 is 11.3. The molecule has 0 fully saturated rings. The maximum atomic E-state index is 6.45. The molecule has 0 atom stereocenters. The van der Waals surface area contributed by atoms with Gasteiger partial charge in [0.15, 0.2) is 11.5 Å². The maximum absolute atomic E-state index is 6.45. The second-order valence-electron chi connectivity index (χ2n) is 6.02. The monoisotopic (exact) mass is 455 g/mol. The fraction of sp³-hybridized carbons (Fsp3) is 0.143. The Balaban J connectivity index is 1.73. The average Bonchev–Trinajstić information content (AvgIpc) is 2.65. The van der Waals surface area contributed by atoms with Gasteiger partial charge in [-0.15, -0.1) is 0 Å². The Hall–Kier alpha value is -1.78. The number of anilines is 1. The molecule has 0 unspecified atom stereocenters. The number of nitrogens with one attached hydrogen (secondary N) is 1. The zero-order chi connectivity index (χ0) is 20.1. The molecule has 0 amide bonds. The van der Waals surface area contributed by atoms with Crippen molar-refractivity contribution in [2.45, 2.75) is 13.2 Å². The summed E-state index contributed by atoms with van der Waals surface area (Å²) in [6.45, 7) is 0.826. The topological polar surface area (TPSA) is 30.5 Å². The maximum Gasteiger partial charge on any atom is 0.163 e. The molecule has 3 nitrogen and oxygen atoms in total. The standard InChI is InChI=1S/C21H17Cl4NO2/c1-27-20-6-14(11-26-18-8-16(23)7-17(24)9-18)19(25)10-21(20)28-12-13-3-2-4-15(22)5-13/h2-10,26H,11-12H2,1H3. The Bertz CT molecular complexity index is 958. The molecule has 1 N–H and O–H groups in total. The molecule has 7 heteroatoms. The predicted octanol–water partition coefficient (Wildman–Crippen LogP) is 7.50. The summed E-state index contributed by atoms with van der Waals surface area (Å²) in [5, 5.41) is 5.59. The van der Waals surface area contributed by atoms with Gasteiger partial charge in [0.1, 0.15) is 6.61 Å². The van der Waals surface area contributed by atoms with Crippen LogP contribution in [0.15, 0.2) is 54.6 Å². The minimum atomic E-state index is 0.353. The third-order valence-electron chi connectivity index (χ3n) is 3.96. The summed E-state index contributed by atoms with van der Waals surface area (Å²) in [6, 6.07) is 16.3. The zero-order valence-corrected chi connectivity index (χ0v) is 18.0. The molecule has 0 aliphatic heterocycles. The lowest BCUT2D eigenvalue weighted by atomic mass is 10.2. The summed E-state index contributed by atoms with van der Waals surface area (Å²) in [6.07, 6.45) is 0. The van der Waals surface area contributed by atoms with Crippen molar-refractivity contribution in [1.82, 2.24) is 0 Å². The van der Waals surface area contributed by atoms with Crippen LogP contribution in [0.5, 0.6) is 11.5 Å². The summed E-state index contributed by atoms with van der Waals surface area (Å²) in [7, 11) is 1.59. The van der Waals surface area contributed by atoms with E-state index in [9.17, 15) is 0 Å². The van der Waals surface area contributed by atoms with Gasteiger partial charge in [-0.3, -0.25) is 0 Å². The molecule has 3 aromatic carbocycles. The molecule has 0 bridgehead atoms. The fourth-order valence-corrected chi connectivity index (χ4v) is 3.59. The van der Waals surface area contributed by atoms with Gasteiger partial charge in [-0.05, 0) is 47.5 Å². The van der Waals surface area contributed by atoms with Crippen LogP contribution in [0, 0.1) is 0 Å². The van der Waals surface area contributed by atoms with Crippen LogP contribution in [0.4, 0.5) is 5.69 Å². The number of hydrogen-bond acceptors (Lipinski definition) is 3. The van der Waals surface area contributed by atoms with E-state index in [1.54, 1.807) is 31.4 Å². The van der Waals surface area contributed by atoms with Crippen LogP contribution in [0.3, 0.4) is 0 Å². The third-order valence-corrected chi connectivity index (χ3v) is 4.98. The van der Waals surface area contributed by atoms with Crippen LogP contribution >= 0.6 is 46.4 Å². The van der Waals surface area contributed by atoms with Crippen molar-refractivity contribution in [3.8, 4) is 11.5 Å². The highest BCUT2D eigenvalue weighted by Gasteiger charge is 2.11. The van der Waals surface area contributed by atoms with Gasteiger partial charge in [0, 0.05) is 38.4 Å². The van der Waals surface area contributed by atoms with E-state index < -0.39 is 0 Å². The van der Waals surface area contributed by atoms with E-state index in [1.807, 2.05) is 30.3 Å². The van der Waals surface area contributed by atoms with Crippen molar-refractivity contribution in [2.75, 3.05) is 12.4 Å². The first-order chi connectivity index (χ1) is 13.4. The number of halogens is 4. The van der Waals surface area contributed by atoms with Crippen LogP contribution in [-0.2, 0) is 13.2 Å². The normalized spacial score (nSPS) is 10.6. The van der Waals surface area contributed by atoms with Crippen molar-refractivity contribution in [3.05, 3.63) is 85.8 Å². The van der Waals surface area contributed by atoms with Crippen molar-refractivity contribution in [3.63, 3.8) is 0 Å². The molecular formula is C21H17Cl4NO2. The molecule has 28 heavy (non-hydrogen) atoms. The molecule has 0 aromatic heterocycles. The Kier molecular flexibility index (Phi) is 7.19. The highest BCUT2D eigenvalue weighted by Crippen LogP contribution is 2.34. The first kappa shape index (κ1) is 20.9. The molecule has 0 saturated carbocycles. The summed E-state index contributed by atoms with van der Waals surface area (Å²) in [4.78, 5) is 0. The summed E-state index contributed by atoms with van der Waals surface area (Å²) in [5.41, 5.74) is 2.60. The fourth-order valence-electron chi connectivity index (χ4n) is 2.63. The highest BCUT2D eigenvalue weighted by atomic mass is 35.5. The number of hydrogen-bond donors (Lipinski definition) is 1. The quantitative estimate of drug-likeness (QED) is 0.399. The minimum Gasteiger partial charge on any atom is -0.493 e. The average molecular weight is 457 g/mol. The van der Waals surface area contributed by atoms with E-state index in [4.69, 9.17) is 55.9 Å². The Morgan fingerprint density at radius 2 is 1.57 bits per heavy atom. The molecule has 0 radical (unpaired) electrons. The molecule has 0 spiro atoms. The van der Waals surface area contributed by atoms with Gasteiger partial charge in [-0.2, -0.15) is 0 Å². The van der Waals surface area contributed by atoms with Crippen LogP contribution < -0.4 is 14.8 Å².